The molecule has 20 nitrogen and oxygen atoms in total. The fourth-order valence-electron chi connectivity index (χ4n) is 0. The van der Waals surface area contributed by atoms with Crippen molar-refractivity contribution in [3.8, 4) is 0 Å². The molecule has 0 aromatic heterocycles. The van der Waals surface area contributed by atoms with Crippen LogP contribution in [-0.2, 0) is 18.3 Å². The number of rotatable bonds is 0. The van der Waals surface area contributed by atoms with E-state index in [-0.39, 0.29) is 216 Å². The summed E-state index contributed by atoms with van der Waals surface area (Å²) in [7, 11) is -20.6. The van der Waals surface area contributed by atoms with Gasteiger partial charge in [0, 0.05) is 0 Å². The minimum atomic E-state index is -5.39. The fraction of sp³-hybridized carbons (Fsp3) is 0. The molecule has 0 unspecified atom stereocenters. The van der Waals surface area contributed by atoms with Crippen LogP contribution in [0.3, 0.4) is 0 Å². The molecule has 29 heteroatoms. The van der Waals surface area contributed by atoms with Crippen molar-refractivity contribution in [3.05, 3.63) is 10.1 Å². The maximum Gasteiger partial charge on any atom is 2.00 e. The van der Waals surface area contributed by atoms with Crippen molar-refractivity contribution >= 4 is 145 Å². The summed E-state index contributed by atoms with van der Waals surface area (Å²) in [5, 5.41) is 13.6. The quantitative estimate of drug-likeness (QED) is 0.0706. The predicted octanol–water partition coefficient (Wildman–Crippen LogP) is -16.3. The molecule has 0 saturated carbocycles. The first kappa shape index (κ1) is 65.1. The van der Waals surface area contributed by atoms with Crippen molar-refractivity contribution < 1.29 is 190 Å². The number of phosphoric acid groups is 4. The zero-order valence-corrected chi connectivity index (χ0v) is 30.8. The Morgan fingerprint density at radius 1 is 0.586 bits per heavy atom. The zero-order valence-electron chi connectivity index (χ0n) is 14.3. The summed E-state index contributed by atoms with van der Waals surface area (Å²) in [6.07, 6.45) is 0. The number of hydrogen-bond acceptors (Lipinski definition) is 14. The molecule has 152 valence electrons. The normalized spacial score (nSPS) is 8.97. The largest absolute Gasteiger partial charge is 2.00 e. The van der Waals surface area contributed by atoms with Gasteiger partial charge in [0.2, 0.25) is 0 Å². The molecule has 0 aromatic rings. The molecule has 0 amide bonds. The van der Waals surface area contributed by atoms with Gasteiger partial charge in [0.05, 0.1) is 7.82 Å². The minimum absolute atomic E-state index is 0. The van der Waals surface area contributed by atoms with Crippen LogP contribution in [0.1, 0.15) is 0 Å². The molecule has 0 aliphatic carbocycles. The van der Waals surface area contributed by atoms with E-state index in [1.807, 2.05) is 0 Å². The van der Waals surface area contributed by atoms with Crippen LogP contribution in [0.5, 0.6) is 0 Å². The van der Waals surface area contributed by atoms with Gasteiger partial charge in [-0.2, -0.15) is 15.6 Å². The second kappa shape index (κ2) is 34.7. The van der Waals surface area contributed by atoms with Gasteiger partial charge >= 0.3 is 224 Å². The Balaban J connectivity index is -0.0000000187. The van der Waals surface area contributed by atoms with Crippen LogP contribution in [0, 0.1) is 10.1 Å². The standard InChI is InChI=1S/3Ca.2K.HNO3.4H3O4P/c;;;;;2-1(3)4;4*1-5(2,3)4/h;;;;;(H,2,3,4);4*(H3,1,2,3,4)/q3*+2;2*+1;;;;;/p-8. The molecule has 0 radical (unpaired) electrons. The third-order valence-electron chi connectivity index (χ3n) is 0. The molecule has 0 spiro atoms. The van der Waals surface area contributed by atoms with Crippen molar-refractivity contribution in [1.82, 2.24) is 0 Å². The van der Waals surface area contributed by atoms with E-state index >= 15 is 0 Å². The van der Waals surface area contributed by atoms with E-state index in [4.69, 9.17) is 92.3 Å². The molecule has 5 N–H and O–H groups in total. The van der Waals surface area contributed by atoms with Crippen molar-refractivity contribution in [1.29, 1.82) is 0 Å². The van der Waals surface area contributed by atoms with E-state index in [2.05, 4.69) is 0 Å². The van der Waals surface area contributed by atoms with E-state index in [0.717, 1.165) is 0 Å². The fourth-order valence-corrected chi connectivity index (χ4v) is 0. The molecule has 0 fully saturated rings. The van der Waals surface area contributed by atoms with Gasteiger partial charge in [-0.1, -0.05) is 0 Å². The summed E-state index contributed by atoms with van der Waals surface area (Å²) in [5.74, 6) is 0. The Hall–Kier alpha value is 6.69. The molecule has 0 rings (SSSR count). The van der Waals surface area contributed by atoms with E-state index in [9.17, 15) is 0 Å². The van der Waals surface area contributed by atoms with E-state index < -0.39 is 36.4 Å². The first-order valence-electron chi connectivity index (χ1n) is 3.56. The predicted molar refractivity (Wildman–Crippen MR) is 65.3 cm³/mol. The molecule has 0 aliphatic rings. The van der Waals surface area contributed by atoms with Gasteiger partial charge in [0.15, 0.2) is 0 Å². The van der Waals surface area contributed by atoms with Crippen LogP contribution in [0.2, 0.25) is 0 Å². The maximum atomic E-state index is 8.88. The van der Waals surface area contributed by atoms with E-state index in [1.165, 1.54) is 0 Å². The first-order valence-corrected chi connectivity index (χ1v) is 9.54. The third-order valence-corrected chi connectivity index (χ3v) is 0. The summed E-state index contributed by atoms with van der Waals surface area (Å²) in [6.45, 7) is 0. The van der Waals surface area contributed by atoms with Crippen LogP contribution in [0.15, 0.2) is 0 Å². The zero-order chi connectivity index (χ0) is 21.6. The van der Waals surface area contributed by atoms with Gasteiger partial charge < -0.3 is 77.6 Å². The topological polar surface area (TPSA) is 397 Å². The van der Waals surface area contributed by atoms with Gasteiger partial charge in [-0.3, -0.25) is 0 Å². The minimum Gasteiger partial charge on any atom is -0.822 e. The summed E-state index contributed by atoms with van der Waals surface area (Å²) >= 11 is 0. The van der Waals surface area contributed by atoms with Gasteiger partial charge in [0.1, 0.15) is 0 Å². The van der Waals surface area contributed by atoms with Crippen molar-refractivity contribution in [2.75, 3.05) is 0 Å². The van der Waals surface area contributed by atoms with Crippen LogP contribution in [0.4, 0.5) is 0 Å². The Morgan fingerprint density at radius 3 is 0.586 bits per heavy atom. The Kier molecular flexibility index (Phi) is 77.9. The first-order chi connectivity index (χ1) is 9.73. The van der Waals surface area contributed by atoms with Crippen LogP contribution < -0.4 is 142 Å². The number of nitrogens with zero attached hydrogens (tertiary/aromatic N) is 1. The average molecular weight is 645 g/mol. The summed E-state index contributed by atoms with van der Waals surface area (Å²) in [6, 6.07) is 0. The summed E-state index contributed by atoms with van der Waals surface area (Å²) < 4.78 is 34.6. The van der Waals surface area contributed by atoms with Crippen LogP contribution in [0.25, 0.3) is 0 Å². The van der Waals surface area contributed by atoms with Crippen LogP contribution >= 0.6 is 31.3 Å². The van der Waals surface area contributed by atoms with Crippen molar-refractivity contribution in [2.45, 2.75) is 0 Å². The van der Waals surface area contributed by atoms with Gasteiger partial charge in [-0.15, -0.1) is 10.1 Å². The monoisotopic (exact) mass is 645 g/mol. The Morgan fingerprint density at radius 2 is 0.586 bits per heavy atom. The molecule has 0 aliphatic heterocycles. The van der Waals surface area contributed by atoms with Gasteiger partial charge in [-0.05, 0) is 0 Å². The molecule has 29 heavy (non-hydrogen) atoms. The summed E-state index contributed by atoms with van der Waals surface area (Å²) in [4.78, 5) is 106. The molecule has 0 saturated heterocycles. The van der Waals surface area contributed by atoms with Crippen LogP contribution in [-0.4, -0.2) is 143 Å². The molecule has 0 atom stereocenters. The van der Waals surface area contributed by atoms with E-state index in [0.29, 0.717) is 0 Å². The maximum absolute atomic E-state index is 8.88. The van der Waals surface area contributed by atoms with Gasteiger partial charge in [0.25, 0.3) is 5.09 Å². The Labute approximate surface area is 336 Å². The molecule has 0 aromatic carbocycles. The molecule has 0 heterocycles. The molecular formula is H5Ca3K2NO19P4. The molecule has 0 bridgehead atoms. The smallest absolute Gasteiger partial charge is 0.822 e. The second-order valence-corrected chi connectivity index (χ2v) is 5.87. The van der Waals surface area contributed by atoms with Crippen molar-refractivity contribution in [2.24, 2.45) is 0 Å². The van der Waals surface area contributed by atoms with Crippen molar-refractivity contribution in [3.63, 3.8) is 0 Å². The van der Waals surface area contributed by atoms with Gasteiger partial charge in [-0.25, -0.2) is 4.57 Å². The number of hydrogen-bond donors (Lipinski definition) is 5. The molecular weight excluding hydrogens is 640 g/mol. The Bertz CT molecular complexity index is 385. The summed E-state index contributed by atoms with van der Waals surface area (Å²) in [5.41, 5.74) is 0. The average Bonchev–Trinajstić information content (AvgIpc) is 1.82. The van der Waals surface area contributed by atoms with E-state index in [1.54, 1.807) is 0 Å². The SMILES string of the molecule is O=P(O)(O)O.O=P([O-])([O-])O.O=P([O-])([O-])[O-].O=P([O-])([O-])[O-].O=[N+]([O-])O.[Ca+2].[Ca+2].[Ca+2].[K+].[K+]. The third kappa shape index (κ3) is 828. The second-order valence-electron chi connectivity index (χ2n) is 2.11.